The molecule has 2 amide bonds. The van der Waals surface area contributed by atoms with Crippen molar-refractivity contribution in [1.82, 2.24) is 19.7 Å². The second-order valence-electron chi connectivity index (χ2n) is 10.6. The number of rotatable bonds is 8. The predicted octanol–water partition coefficient (Wildman–Crippen LogP) is 3.01. The number of fused-ring (bicyclic) bond motifs is 1. The summed E-state index contributed by atoms with van der Waals surface area (Å²) in [6.07, 6.45) is 4.13. The van der Waals surface area contributed by atoms with E-state index in [0.29, 0.717) is 23.6 Å². The van der Waals surface area contributed by atoms with E-state index in [4.69, 9.17) is 4.74 Å². The number of aromatic nitrogens is 1. The first-order valence-electron chi connectivity index (χ1n) is 12.8. The number of carbonyl (C=O) groups is 2. The maximum Gasteiger partial charge on any atom is 0.259 e. The molecule has 1 aromatic heterocycles. The van der Waals surface area contributed by atoms with Crippen LogP contribution in [0.1, 0.15) is 47.4 Å². The predicted molar refractivity (Wildman–Crippen MR) is 139 cm³/mol. The number of nitrogens with zero attached hydrogens (tertiary/aromatic N) is 4. The molecule has 1 aliphatic heterocycles. The van der Waals surface area contributed by atoms with Crippen molar-refractivity contribution >= 4 is 11.8 Å². The first-order valence-corrected chi connectivity index (χ1v) is 12.8. The summed E-state index contributed by atoms with van der Waals surface area (Å²) in [5, 5.41) is 9.89. The largest absolute Gasteiger partial charge is 0.472 e. The van der Waals surface area contributed by atoms with Gasteiger partial charge in [0, 0.05) is 57.0 Å². The molecule has 4 rings (SSSR count). The molecule has 0 spiro atoms. The highest BCUT2D eigenvalue weighted by Crippen LogP contribution is 2.32. The standard InChI is InChI=1S/C28H38N4O4/c1-18-14-32(19(2)17-33)28(35)24-12-23(21-7-6-8-22(11-21)27(34)30(3)4)13-29-26(24)36-25(18)16-31(5)15-20-9-10-20/h6-8,11-13,18-20,25,33H,9-10,14-17H2,1-5H3/t18-,19+,25-/m0/s1. The third-order valence-corrected chi connectivity index (χ3v) is 7.13. The number of aliphatic hydroxyl groups excluding tert-OH is 1. The summed E-state index contributed by atoms with van der Waals surface area (Å²) in [6, 6.07) is 8.77. The molecule has 8 nitrogen and oxygen atoms in total. The van der Waals surface area contributed by atoms with E-state index in [2.05, 4.69) is 23.9 Å². The number of hydrogen-bond acceptors (Lipinski definition) is 6. The number of carbonyl (C=O) groups excluding carboxylic acids is 2. The third kappa shape index (κ3) is 5.87. The molecule has 36 heavy (non-hydrogen) atoms. The average molecular weight is 495 g/mol. The fourth-order valence-corrected chi connectivity index (χ4v) is 4.69. The van der Waals surface area contributed by atoms with Gasteiger partial charge in [0.25, 0.3) is 11.8 Å². The van der Waals surface area contributed by atoms with Crippen LogP contribution in [-0.2, 0) is 0 Å². The second kappa shape index (κ2) is 11.0. The van der Waals surface area contributed by atoms with E-state index in [0.717, 1.165) is 30.1 Å². The first-order chi connectivity index (χ1) is 17.2. The van der Waals surface area contributed by atoms with Crippen LogP contribution >= 0.6 is 0 Å². The van der Waals surface area contributed by atoms with Crippen LogP contribution in [0, 0.1) is 11.8 Å². The molecule has 3 atom stereocenters. The average Bonchev–Trinajstić information content (AvgIpc) is 3.68. The molecular formula is C28H38N4O4. The van der Waals surface area contributed by atoms with Crippen LogP contribution in [0.4, 0.5) is 0 Å². The number of benzene rings is 1. The van der Waals surface area contributed by atoms with Crippen LogP contribution in [0.15, 0.2) is 36.5 Å². The molecule has 0 radical (unpaired) electrons. The smallest absolute Gasteiger partial charge is 0.259 e. The van der Waals surface area contributed by atoms with Crippen molar-refractivity contribution in [3.63, 3.8) is 0 Å². The molecule has 0 unspecified atom stereocenters. The van der Waals surface area contributed by atoms with E-state index in [1.807, 2.05) is 25.1 Å². The Bertz CT molecular complexity index is 1100. The molecular weight excluding hydrogens is 456 g/mol. The minimum Gasteiger partial charge on any atom is -0.472 e. The Labute approximate surface area is 213 Å². The number of pyridine rings is 1. The molecule has 1 aliphatic carbocycles. The van der Waals surface area contributed by atoms with Crippen LogP contribution < -0.4 is 4.74 Å². The summed E-state index contributed by atoms with van der Waals surface area (Å²) in [5.74, 6) is 0.849. The van der Waals surface area contributed by atoms with Gasteiger partial charge in [-0.1, -0.05) is 19.1 Å². The highest BCUT2D eigenvalue weighted by molar-refractivity contribution is 5.98. The molecule has 194 valence electrons. The lowest BCUT2D eigenvalue weighted by Crippen LogP contribution is -2.50. The molecule has 0 bridgehead atoms. The SMILES string of the molecule is C[C@H](CO)N1C[C@H](C)[C@H](CN(C)CC2CC2)Oc2ncc(-c3cccc(C(=O)N(C)C)c3)cc2C1=O. The molecule has 1 fully saturated rings. The maximum atomic E-state index is 13.7. The van der Waals surface area contributed by atoms with Gasteiger partial charge < -0.3 is 24.5 Å². The topological polar surface area (TPSA) is 86.2 Å². The van der Waals surface area contributed by atoms with Gasteiger partial charge in [-0.05, 0) is 56.5 Å². The minimum atomic E-state index is -0.333. The van der Waals surface area contributed by atoms with E-state index in [1.54, 1.807) is 37.3 Å². The lowest BCUT2D eigenvalue weighted by molar-refractivity contribution is 0.0328. The monoisotopic (exact) mass is 494 g/mol. The molecule has 8 heteroatoms. The number of ether oxygens (including phenoxy) is 1. The van der Waals surface area contributed by atoms with E-state index >= 15 is 0 Å². The second-order valence-corrected chi connectivity index (χ2v) is 10.6. The van der Waals surface area contributed by atoms with Gasteiger partial charge >= 0.3 is 0 Å². The highest BCUT2D eigenvalue weighted by Gasteiger charge is 2.35. The fourth-order valence-electron chi connectivity index (χ4n) is 4.69. The number of amides is 2. The van der Waals surface area contributed by atoms with Gasteiger partial charge in [-0.25, -0.2) is 4.98 Å². The highest BCUT2D eigenvalue weighted by atomic mass is 16.5. The maximum absolute atomic E-state index is 13.7. The van der Waals surface area contributed by atoms with Crippen molar-refractivity contribution in [3.05, 3.63) is 47.7 Å². The summed E-state index contributed by atoms with van der Waals surface area (Å²) in [7, 11) is 5.55. The van der Waals surface area contributed by atoms with E-state index < -0.39 is 0 Å². The van der Waals surface area contributed by atoms with Gasteiger partial charge in [0.15, 0.2) is 0 Å². The fraction of sp³-hybridized carbons (Fsp3) is 0.536. The molecule has 1 saturated carbocycles. The Balaban J connectivity index is 1.69. The van der Waals surface area contributed by atoms with Crippen LogP contribution in [-0.4, -0.2) is 96.1 Å². The minimum absolute atomic E-state index is 0.0629. The normalized spacial score (nSPS) is 20.9. The number of hydrogen-bond donors (Lipinski definition) is 1. The van der Waals surface area contributed by atoms with Crippen molar-refractivity contribution in [3.8, 4) is 17.0 Å². The quantitative estimate of drug-likeness (QED) is 0.607. The number of aliphatic hydroxyl groups is 1. The first kappa shape index (κ1) is 26.1. The van der Waals surface area contributed by atoms with Crippen LogP contribution in [0.25, 0.3) is 11.1 Å². The summed E-state index contributed by atoms with van der Waals surface area (Å²) in [4.78, 5) is 36.3. The lowest BCUT2D eigenvalue weighted by Gasteiger charge is -2.37. The Kier molecular flexibility index (Phi) is 7.95. The van der Waals surface area contributed by atoms with Gasteiger partial charge in [0.1, 0.15) is 11.7 Å². The molecule has 2 aliphatic rings. The van der Waals surface area contributed by atoms with Crippen molar-refractivity contribution in [2.75, 3.05) is 47.4 Å². The zero-order chi connectivity index (χ0) is 26.0. The summed E-state index contributed by atoms with van der Waals surface area (Å²) >= 11 is 0. The lowest BCUT2D eigenvalue weighted by atomic mass is 9.98. The van der Waals surface area contributed by atoms with Crippen LogP contribution in [0.5, 0.6) is 5.88 Å². The zero-order valence-electron chi connectivity index (χ0n) is 22.0. The van der Waals surface area contributed by atoms with Crippen LogP contribution in [0.3, 0.4) is 0 Å². The Hall–Kier alpha value is -2.97. The molecule has 1 N–H and O–H groups in total. The van der Waals surface area contributed by atoms with Gasteiger partial charge in [-0.2, -0.15) is 0 Å². The third-order valence-electron chi connectivity index (χ3n) is 7.13. The van der Waals surface area contributed by atoms with Crippen molar-refractivity contribution in [2.45, 2.75) is 38.8 Å². The zero-order valence-corrected chi connectivity index (χ0v) is 22.0. The Morgan fingerprint density at radius 2 is 1.94 bits per heavy atom. The van der Waals surface area contributed by atoms with E-state index in [-0.39, 0.29) is 36.5 Å². The molecule has 1 aromatic carbocycles. The van der Waals surface area contributed by atoms with Gasteiger partial charge in [-0.15, -0.1) is 0 Å². The summed E-state index contributed by atoms with van der Waals surface area (Å²) < 4.78 is 6.41. The Morgan fingerprint density at radius 1 is 1.19 bits per heavy atom. The van der Waals surface area contributed by atoms with Crippen molar-refractivity contribution in [1.29, 1.82) is 0 Å². The van der Waals surface area contributed by atoms with E-state index in [9.17, 15) is 14.7 Å². The van der Waals surface area contributed by atoms with Crippen LogP contribution in [0.2, 0.25) is 0 Å². The molecule has 0 saturated heterocycles. The number of likely N-dealkylation sites (N-methyl/N-ethyl adjacent to an activating group) is 1. The van der Waals surface area contributed by atoms with Crippen molar-refractivity contribution < 1.29 is 19.4 Å². The van der Waals surface area contributed by atoms with E-state index in [1.165, 1.54) is 17.7 Å². The van der Waals surface area contributed by atoms with Gasteiger partial charge in [0.05, 0.1) is 12.6 Å². The molecule has 2 heterocycles. The summed E-state index contributed by atoms with van der Waals surface area (Å²) in [5.41, 5.74) is 2.46. The van der Waals surface area contributed by atoms with Gasteiger partial charge in [0.2, 0.25) is 5.88 Å². The Morgan fingerprint density at radius 3 is 2.61 bits per heavy atom. The van der Waals surface area contributed by atoms with Gasteiger partial charge in [-0.3, -0.25) is 9.59 Å². The summed E-state index contributed by atoms with van der Waals surface area (Å²) in [6.45, 7) is 6.09. The van der Waals surface area contributed by atoms with Crippen molar-refractivity contribution in [2.24, 2.45) is 11.8 Å². The molecule has 2 aromatic rings.